The van der Waals surface area contributed by atoms with Crippen molar-refractivity contribution in [2.75, 3.05) is 12.4 Å². The van der Waals surface area contributed by atoms with E-state index in [1.165, 1.54) is 4.90 Å². The van der Waals surface area contributed by atoms with E-state index >= 15 is 0 Å². The molecule has 19 heavy (non-hydrogen) atoms. The molecule has 0 aromatic heterocycles. The van der Waals surface area contributed by atoms with Crippen LogP contribution in [0.2, 0.25) is 0 Å². The van der Waals surface area contributed by atoms with E-state index in [1.807, 2.05) is 66.4 Å². The van der Waals surface area contributed by atoms with Gasteiger partial charge in [0.15, 0.2) is 0 Å². The SMILES string of the molecule is OCc1ccc(SCCCOc2ccccc2)cc1. The van der Waals surface area contributed by atoms with Gasteiger partial charge in [-0.15, -0.1) is 11.8 Å². The van der Waals surface area contributed by atoms with E-state index in [2.05, 4.69) is 0 Å². The third kappa shape index (κ3) is 4.97. The number of hydrogen-bond acceptors (Lipinski definition) is 3. The van der Waals surface area contributed by atoms with Crippen LogP contribution in [0.25, 0.3) is 0 Å². The summed E-state index contributed by atoms with van der Waals surface area (Å²) in [7, 11) is 0. The van der Waals surface area contributed by atoms with Gasteiger partial charge >= 0.3 is 0 Å². The lowest BCUT2D eigenvalue weighted by Gasteiger charge is -2.06. The minimum Gasteiger partial charge on any atom is -0.494 e. The second-order valence-electron chi connectivity index (χ2n) is 4.17. The van der Waals surface area contributed by atoms with Crippen molar-refractivity contribution in [3.05, 3.63) is 60.2 Å². The summed E-state index contributed by atoms with van der Waals surface area (Å²) in [6, 6.07) is 17.9. The number of aliphatic hydroxyl groups is 1. The predicted molar refractivity (Wildman–Crippen MR) is 79.6 cm³/mol. The fraction of sp³-hybridized carbons (Fsp3) is 0.250. The normalized spacial score (nSPS) is 10.4. The third-order valence-corrected chi connectivity index (χ3v) is 3.77. The van der Waals surface area contributed by atoms with E-state index < -0.39 is 0 Å². The summed E-state index contributed by atoms with van der Waals surface area (Å²) in [5.41, 5.74) is 0.955. The van der Waals surface area contributed by atoms with Crippen molar-refractivity contribution in [2.24, 2.45) is 0 Å². The highest BCUT2D eigenvalue weighted by Gasteiger charge is 1.96. The number of hydrogen-bond donors (Lipinski definition) is 1. The van der Waals surface area contributed by atoms with E-state index in [9.17, 15) is 0 Å². The van der Waals surface area contributed by atoms with Gasteiger partial charge < -0.3 is 9.84 Å². The molecular formula is C16H18O2S. The van der Waals surface area contributed by atoms with Crippen LogP contribution in [0, 0.1) is 0 Å². The van der Waals surface area contributed by atoms with Crippen LogP contribution in [0.5, 0.6) is 5.75 Å². The monoisotopic (exact) mass is 274 g/mol. The van der Waals surface area contributed by atoms with E-state index in [0.717, 1.165) is 30.1 Å². The predicted octanol–water partition coefficient (Wildman–Crippen LogP) is 3.74. The standard InChI is InChI=1S/C16H18O2S/c17-13-14-7-9-16(10-8-14)19-12-4-11-18-15-5-2-1-3-6-15/h1-3,5-10,17H,4,11-13H2. The van der Waals surface area contributed by atoms with Crippen LogP contribution in [-0.2, 0) is 6.61 Å². The van der Waals surface area contributed by atoms with Gasteiger partial charge in [-0.3, -0.25) is 0 Å². The first-order valence-corrected chi connectivity index (χ1v) is 7.37. The Balaban J connectivity index is 1.63. The second kappa shape index (κ2) is 7.87. The number of ether oxygens (including phenoxy) is 1. The first-order chi connectivity index (χ1) is 9.38. The smallest absolute Gasteiger partial charge is 0.119 e. The topological polar surface area (TPSA) is 29.5 Å². The summed E-state index contributed by atoms with van der Waals surface area (Å²) in [6.45, 7) is 0.849. The first kappa shape index (κ1) is 14.0. The molecule has 0 aliphatic heterocycles. The van der Waals surface area contributed by atoms with Gasteiger partial charge in [0, 0.05) is 10.6 Å². The molecule has 0 radical (unpaired) electrons. The molecular weight excluding hydrogens is 256 g/mol. The lowest BCUT2D eigenvalue weighted by atomic mass is 10.2. The largest absolute Gasteiger partial charge is 0.494 e. The van der Waals surface area contributed by atoms with Gasteiger partial charge in [-0.2, -0.15) is 0 Å². The molecule has 0 heterocycles. The minimum absolute atomic E-state index is 0.107. The average molecular weight is 274 g/mol. The van der Waals surface area contributed by atoms with Crippen LogP contribution >= 0.6 is 11.8 Å². The molecule has 2 nitrogen and oxygen atoms in total. The number of aliphatic hydroxyl groups excluding tert-OH is 1. The molecule has 0 saturated carbocycles. The zero-order valence-corrected chi connectivity index (χ0v) is 11.6. The Morgan fingerprint density at radius 2 is 1.68 bits per heavy atom. The van der Waals surface area contributed by atoms with Crippen molar-refractivity contribution in [1.82, 2.24) is 0 Å². The molecule has 2 rings (SSSR count). The molecule has 0 aliphatic carbocycles. The molecule has 2 aromatic rings. The zero-order chi connectivity index (χ0) is 13.3. The Bertz CT molecular complexity index is 468. The Kier molecular flexibility index (Phi) is 5.79. The van der Waals surface area contributed by atoms with Gasteiger partial charge in [0.25, 0.3) is 0 Å². The van der Waals surface area contributed by atoms with Crippen LogP contribution in [0.4, 0.5) is 0 Å². The first-order valence-electron chi connectivity index (χ1n) is 6.39. The number of thioether (sulfide) groups is 1. The average Bonchev–Trinajstić information content (AvgIpc) is 2.49. The van der Waals surface area contributed by atoms with Crippen LogP contribution in [-0.4, -0.2) is 17.5 Å². The van der Waals surface area contributed by atoms with Crippen LogP contribution in [0.3, 0.4) is 0 Å². The molecule has 0 amide bonds. The molecule has 3 heteroatoms. The van der Waals surface area contributed by atoms with Crippen molar-refractivity contribution in [1.29, 1.82) is 0 Å². The highest BCUT2D eigenvalue weighted by molar-refractivity contribution is 7.99. The second-order valence-corrected chi connectivity index (χ2v) is 5.33. The number of benzene rings is 2. The highest BCUT2D eigenvalue weighted by Crippen LogP contribution is 2.19. The molecule has 0 unspecified atom stereocenters. The van der Waals surface area contributed by atoms with Crippen molar-refractivity contribution in [2.45, 2.75) is 17.9 Å². The van der Waals surface area contributed by atoms with Crippen LogP contribution in [0.1, 0.15) is 12.0 Å². The number of rotatable bonds is 7. The maximum absolute atomic E-state index is 8.96. The summed E-state index contributed by atoms with van der Waals surface area (Å²) in [5, 5.41) is 8.96. The van der Waals surface area contributed by atoms with Crippen molar-refractivity contribution in [3.8, 4) is 5.75 Å². The van der Waals surface area contributed by atoms with Gasteiger partial charge in [0.2, 0.25) is 0 Å². The summed E-state index contributed by atoms with van der Waals surface area (Å²) >= 11 is 1.81. The Morgan fingerprint density at radius 3 is 2.37 bits per heavy atom. The van der Waals surface area contributed by atoms with Crippen molar-refractivity contribution in [3.63, 3.8) is 0 Å². The van der Waals surface area contributed by atoms with E-state index in [0.29, 0.717) is 0 Å². The van der Waals surface area contributed by atoms with Crippen LogP contribution < -0.4 is 4.74 Å². The van der Waals surface area contributed by atoms with E-state index in [-0.39, 0.29) is 6.61 Å². The summed E-state index contributed by atoms with van der Waals surface area (Å²) in [6.07, 6.45) is 1.02. The van der Waals surface area contributed by atoms with Gasteiger partial charge in [-0.1, -0.05) is 30.3 Å². The van der Waals surface area contributed by atoms with Gasteiger partial charge in [0.1, 0.15) is 5.75 Å². The third-order valence-electron chi connectivity index (χ3n) is 2.68. The molecule has 1 N–H and O–H groups in total. The Hall–Kier alpha value is -1.45. The minimum atomic E-state index is 0.107. The lowest BCUT2D eigenvalue weighted by Crippen LogP contribution is -1.98. The maximum atomic E-state index is 8.96. The molecule has 2 aromatic carbocycles. The molecule has 0 bridgehead atoms. The van der Waals surface area contributed by atoms with Gasteiger partial charge in [-0.25, -0.2) is 0 Å². The maximum Gasteiger partial charge on any atom is 0.119 e. The van der Waals surface area contributed by atoms with Crippen molar-refractivity contribution < 1.29 is 9.84 Å². The quantitative estimate of drug-likeness (QED) is 0.616. The summed E-state index contributed by atoms with van der Waals surface area (Å²) < 4.78 is 5.63. The summed E-state index contributed by atoms with van der Waals surface area (Å²) in [5.74, 6) is 1.96. The summed E-state index contributed by atoms with van der Waals surface area (Å²) in [4.78, 5) is 1.23. The Morgan fingerprint density at radius 1 is 0.947 bits per heavy atom. The molecule has 0 aliphatic rings. The fourth-order valence-electron chi connectivity index (χ4n) is 1.65. The van der Waals surface area contributed by atoms with Crippen molar-refractivity contribution >= 4 is 11.8 Å². The van der Waals surface area contributed by atoms with E-state index in [1.54, 1.807) is 0 Å². The molecule has 0 saturated heterocycles. The van der Waals surface area contributed by atoms with E-state index in [4.69, 9.17) is 9.84 Å². The molecule has 0 spiro atoms. The van der Waals surface area contributed by atoms with Gasteiger partial charge in [0.05, 0.1) is 13.2 Å². The number of para-hydroxylation sites is 1. The lowest BCUT2D eigenvalue weighted by molar-refractivity contribution is 0.282. The fourth-order valence-corrected chi connectivity index (χ4v) is 2.47. The molecule has 100 valence electrons. The Labute approximate surface area is 118 Å². The highest BCUT2D eigenvalue weighted by atomic mass is 32.2. The van der Waals surface area contributed by atoms with Crippen LogP contribution in [0.15, 0.2) is 59.5 Å². The zero-order valence-electron chi connectivity index (χ0n) is 10.8. The van der Waals surface area contributed by atoms with Gasteiger partial charge in [-0.05, 0) is 36.2 Å². The molecule has 0 atom stereocenters. The molecule has 0 fully saturated rings.